The van der Waals surface area contributed by atoms with Crippen molar-refractivity contribution >= 4 is 23.5 Å². The number of benzene rings is 2. The van der Waals surface area contributed by atoms with Crippen molar-refractivity contribution in [3.63, 3.8) is 0 Å². The molecule has 0 saturated carbocycles. The van der Waals surface area contributed by atoms with Crippen molar-refractivity contribution in [2.45, 2.75) is 12.8 Å². The van der Waals surface area contributed by atoms with E-state index >= 15 is 0 Å². The van der Waals surface area contributed by atoms with Gasteiger partial charge < -0.3 is 9.32 Å². The molecule has 4 rings (SSSR count). The van der Waals surface area contributed by atoms with Gasteiger partial charge in [-0.25, -0.2) is 4.39 Å². The number of halogens is 1. The van der Waals surface area contributed by atoms with Crippen LogP contribution in [0.15, 0.2) is 71.2 Å². The quantitative estimate of drug-likeness (QED) is 0.460. The molecule has 28 heavy (non-hydrogen) atoms. The Bertz CT molecular complexity index is 1050. The summed E-state index contributed by atoms with van der Waals surface area (Å²) in [4.78, 5) is 25.9. The van der Waals surface area contributed by atoms with Crippen molar-refractivity contribution < 1.29 is 18.4 Å². The molecule has 2 heterocycles. The van der Waals surface area contributed by atoms with Crippen LogP contribution in [0.25, 0.3) is 17.4 Å². The highest BCUT2D eigenvalue weighted by molar-refractivity contribution is 6.07. The SMILES string of the molecule is O=C(/C=C/c1ccc(-c2ccccc2F)o1)c1ccc(N2CCCC2=O)cc1. The van der Waals surface area contributed by atoms with Crippen molar-refractivity contribution in [3.05, 3.63) is 83.9 Å². The maximum atomic E-state index is 13.8. The highest BCUT2D eigenvalue weighted by Crippen LogP contribution is 2.25. The summed E-state index contributed by atoms with van der Waals surface area (Å²) in [6.45, 7) is 0.717. The molecule has 0 bridgehead atoms. The lowest BCUT2D eigenvalue weighted by atomic mass is 10.1. The smallest absolute Gasteiger partial charge is 0.227 e. The van der Waals surface area contributed by atoms with Gasteiger partial charge in [-0.2, -0.15) is 0 Å². The molecule has 0 spiro atoms. The van der Waals surface area contributed by atoms with E-state index in [9.17, 15) is 14.0 Å². The number of rotatable bonds is 5. The van der Waals surface area contributed by atoms with Gasteiger partial charge in [0, 0.05) is 24.2 Å². The average Bonchev–Trinajstić information content (AvgIpc) is 3.36. The summed E-state index contributed by atoms with van der Waals surface area (Å²) in [5.74, 6) is 0.446. The third-order valence-electron chi connectivity index (χ3n) is 4.70. The number of hydrogen-bond acceptors (Lipinski definition) is 3. The second-order valence-electron chi connectivity index (χ2n) is 6.58. The number of hydrogen-bond donors (Lipinski definition) is 0. The van der Waals surface area contributed by atoms with Gasteiger partial charge in [0.1, 0.15) is 17.3 Å². The number of furan rings is 1. The summed E-state index contributed by atoms with van der Waals surface area (Å²) in [5, 5.41) is 0. The van der Waals surface area contributed by atoms with Gasteiger partial charge in [0.25, 0.3) is 0 Å². The van der Waals surface area contributed by atoms with Crippen LogP contribution in [0.5, 0.6) is 0 Å². The topological polar surface area (TPSA) is 50.5 Å². The number of allylic oxidation sites excluding steroid dienone is 1. The second kappa shape index (κ2) is 7.64. The van der Waals surface area contributed by atoms with E-state index in [1.54, 1.807) is 65.6 Å². The number of carbonyl (C=O) groups excluding carboxylic acids is 2. The molecule has 0 unspecified atom stereocenters. The Balaban J connectivity index is 1.46. The highest BCUT2D eigenvalue weighted by atomic mass is 19.1. The lowest BCUT2D eigenvalue weighted by molar-refractivity contribution is -0.117. The van der Waals surface area contributed by atoms with Gasteiger partial charge in [0.05, 0.1) is 5.56 Å². The van der Waals surface area contributed by atoms with Crippen LogP contribution in [0.3, 0.4) is 0 Å². The Hall–Kier alpha value is -3.47. The average molecular weight is 375 g/mol. The van der Waals surface area contributed by atoms with Gasteiger partial charge in [-0.3, -0.25) is 9.59 Å². The molecule has 1 aliphatic heterocycles. The van der Waals surface area contributed by atoms with Gasteiger partial charge in [-0.1, -0.05) is 12.1 Å². The van der Waals surface area contributed by atoms with E-state index in [4.69, 9.17) is 4.42 Å². The van der Waals surface area contributed by atoms with Crippen molar-refractivity contribution in [1.82, 2.24) is 0 Å². The normalized spacial score (nSPS) is 14.2. The molecule has 1 aliphatic rings. The fraction of sp³-hybridized carbons (Fsp3) is 0.130. The molecule has 1 fully saturated rings. The van der Waals surface area contributed by atoms with Crippen LogP contribution in [0, 0.1) is 5.82 Å². The van der Waals surface area contributed by atoms with Gasteiger partial charge in [-0.15, -0.1) is 0 Å². The first kappa shape index (κ1) is 17.9. The molecule has 1 saturated heterocycles. The summed E-state index contributed by atoms with van der Waals surface area (Å²) in [6.07, 6.45) is 4.41. The molecule has 4 nitrogen and oxygen atoms in total. The van der Waals surface area contributed by atoms with Crippen LogP contribution in [-0.4, -0.2) is 18.2 Å². The first-order chi connectivity index (χ1) is 13.6. The van der Waals surface area contributed by atoms with E-state index in [1.165, 1.54) is 12.1 Å². The fourth-order valence-corrected chi connectivity index (χ4v) is 3.23. The van der Waals surface area contributed by atoms with E-state index in [0.29, 0.717) is 29.1 Å². The van der Waals surface area contributed by atoms with E-state index in [0.717, 1.165) is 18.7 Å². The molecule has 0 N–H and O–H groups in total. The van der Waals surface area contributed by atoms with Gasteiger partial charge in [0.2, 0.25) is 5.91 Å². The van der Waals surface area contributed by atoms with Crippen LogP contribution < -0.4 is 4.90 Å². The molecule has 140 valence electrons. The molecule has 0 atom stereocenters. The molecule has 0 aliphatic carbocycles. The minimum absolute atomic E-state index is 0.113. The third kappa shape index (κ3) is 3.64. The van der Waals surface area contributed by atoms with Crippen LogP contribution >= 0.6 is 0 Å². The van der Waals surface area contributed by atoms with Crippen LogP contribution in [0.4, 0.5) is 10.1 Å². The first-order valence-electron chi connectivity index (χ1n) is 9.09. The Morgan fingerprint density at radius 2 is 1.82 bits per heavy atom. The molecular weight excluding hydrogens is 357 g/mol. The summed E-state index contributed by atoms with van der Waals surface area (Å²) >= 11 is 0. The minimum Gasteiger partial charge on any atom is -0.457 e. The van der Waals surface area contributed by atoms with Crippen molar-refractivity contribution in [3.8, 4) is 11.3 Å². The fourth-order valence-electron chi connectivity index (χ4n) is 3.23. The summed E-state index contributed by atoms with van der Waals surface area (Å²) in [7, 11) is 0. The van der Waals surface area contributed by atoms with Gasteiger partial charge >= 0.3 is 0 Å². The van der Waals surface area contributed by atoms with E-state index in [2.05, 4.69) is 0 Å². The Kier molecular flexibility index (Phi) is 4.89. The largest absolute Gasteiger partial charge is 0.457 e. The van der Waals surface area contributed by atoms with E-state index in [1.807, 2.05) is 0 Å². The lowest BCUT2D eigenvalue weighted by Gasteiger charge is -2.15. The highest BCUT2D eigenvalue weighted by Gasteiger charge is 2.21. The zero-order valence-corrected chi connectivity index (χ0v) is 15.1. The predicted molar refractivity (Wildman–Crippen MR) is 105 cm³/mol. The van der Waals surface area contributed by atoms with Crippen molar-refractivity contribution in [2.24, 2.45) is 0 Å². The van der Waals surface area contributed by atoms with Crippen LogP contribution in [-0.2, 0) is 4.79 Å². The van der Waals surface area contributed by atoms with Gasteiger partial charge in [0.15, 0.2) is 5.78 Å². The zero-order chi connectivity index (χ0) is 19.5. The van der Waals surface area contributed by atoms with E-state index in [-0.39, 0.29) is 17.5 Å². The maximum Gasteiger partial charge on any atom is 0.227 e. The number of anilines is 1. The summed E-state index contributed by atoms with van der Waals surface area (Å²) in [5.41, 5.74) is 1.71. The monoisotopic (exact) mass is 375 g/mol. The second-order valence-corrected chi connectivity index (χ2v) is 6.58. The number of ketones is 1. The van der Waals surface area contributed by atoms with E-state index < -0.39 is 0 Å². The summed E-state index contributed by atoms with van der Waals surface area (Å²) in [6, 6.07) is 16.7. The lowest BCUT2D eigenvalue weighted by Crippen LogP contribution is -2.23. The third-order valence-corrected chi connectivity index (χ3v) is 4.70. The standard InChI is InChI=1S/C23H18FNO3/c24-20-5-2-1-4-19(20)22-14-12-18(28-22)11-13-21(26)16-7-9-17(10-8-16)25-15-3-6-23(25)27/h1-2,4-5,7-14H,3,6,15H2/b13-11+. The number of carbonyl (C=O) groups is 2. The maximum absolute atomic E-state index is 13.8. The summed E-state index contributed by atoms with van der Waals surface area (Å²) < 4.78 is 19.4. The first-order valence-corrected chi connectivity index (χ1v) is 9.09. The molecule has 5 heteroatoms. The molecular formula is C23H18FNO3. The number of nitrogens with zero attached hydrogens (tertiary/aromatic N) is 1. The predicted octanol–water partition coefficient (Wildman–Crippen LogP) is 5.11. The molecule has 0 radical (unpaired) electrons. The zero-order valence-electron chi connectivity index (χ0n) is 15.1. The number of amides is 1. The van der Waals surface area contributed by atoms with Crippen LogP contribution in [0.1, 0.15) is 29.0 Å². The van der Waals surface area contributed by atoms with Crippen LogP contribution in [0.2, 0.25) is 0 Å². The Morgan fingerprint density at radius 3 is 2.54 bits per heavy atom. The minimum atomic E-state index is -0.361. The van der Waals surface area contributed by atoms with Crippen molar-refractivity contribution in [1.29, 1.82) is 0 Å². The van der Waals surface area contributed by atoms with Crippen molar-refractivity contribution in [2.75, 3.05) is 11.4 Å². The van der Waals surface area contributed by atoms with Gasteiger partial charge in [-0.05, 0) is 67.1 Å². The Labute approximate surface area is 161 Å². The Morgan fingerprint density at radius 1 is 1.04 bits per heavy atom. The molecule has 2 aromatic carbocycles. The molecule has 3 aromatic rings. The molecule has 1 aromatic heterocycles. The molecule has 1 amide bonds.